The van der Waals surface area contributed by atoms with Gasteiger partial charge in [-0.15, -0.1) is 0 Å². The summed E-state index contributed by atoms with van der Waals surface area (Å²) in [6.07, 6.45) is 24.7. The summed E-state index contributed by atoms with van der Waals surface area (Å²) in [5.41, 5.74) is 0. The van der Waals surface area contributed by atoms with Gasteiger partial charge < -0.3 is 9.66 Å². The first kappa shape index (κ1) is 33.0. The molecular weight excluding hydrogens is 407 g/mol. The maximum absolute atomic E-state index is 10.5. The van der Waals surface area contributed by atoms with Gasteiger partial charge in [-0.3, -0.25) is 0 Å². The zero-order valence-corrected chi connectivity index (χ0v) is 23.0. The molecule has 0 saturated carbocycles. The van der Waals surface area contributed by atoms with E-state index in [9.17, 15) is 18.1 Å². The molecule has 0 aromatic heterocycles. The van der Waals surface area contributed by atoms with Crippen molar-refractivity contribution in [2.24, 2.45) is 0 Å². The van der Waals surface area contributed by atoms with Gasteiger partial charge in [0.15, 0.2) is 0 Å². The number of hydrogen-bond donors (Lipinski definition) is 1. The molecule has 1 N–H and O–H groups in total. The van der Waals surface area contributed by atoms with Crippen molar-refractivity contribution in [3.8, 4) is 0 Å². The maximum atomic E-state index is 10.5. The number of rotatable bonds is 23. The fourth-order valence-electron chi connectivity index (χ4n) is 3.91. The van der Waals surface area contributed by atoms with Crippen LogP contribution in [0.5, 0.6) is 0 Å². The summed E-state index contributed by atoms with van der Waals surface area (Å²) in [4.78, 5) is 0. The molecule has 1 unspecified atom stereocenters. The molecule has 0 aliphatic heterocycles. The van der Waals surface area contributed by atoms with E-state index in [0.717, 1.165) is 38.5 Å². The van der Waals surface area contributed by atoms with Crippen LogP contribution in [0.1, 0.15) is 142 Å². The molecule has 0 spiro atoms. The fourth-order valence-corrected chi connectivity index (χ4v) is 4.47. The minimum Gasteiger partial charge on any atom is -0.748 e. The van der Waals surface area contributed by atoms with Crippen LogP contribution in [0.15, 0.2) is 0 Å². The standard InChI is InChI=1S/C24H50O4S.Na/c1-2-3-4-5-6-12-15-18-21-24(25)22-19-16-13-10-8-7-9-11-14-17-20-23-29(26,27)28;/h24-25H,2-23H2,1H3,(H,26,27,28);/q;+1/p-1. The Labute approximate surface area is 210 Å². The van der Waals surface area contributed by atoms with Gasteiger partial charge in [-0.05, 0) is 19.3 Å². The molecular formula is C24H49NaO4S. The van der Waals surface area contributed by atoms with E-state index in [1.807, 2.05) is 0 Å². The Morgan fingerprint density at radius 3 is 1.23 bits per heavy atom. The Bertz CT molecular complexity index is 429. The van der Waals surface area contributed by atoms with Crippen LogP contribution in [0.3, 0.4) is 0 Å². The first-order valence-electron chi connectivity index (χ1n) is 12.6. The first-order valence-corrected chi connectivity index (χ1v) is 14.1. The molecule has 0 aliphatic carbocycles. The van der Waals surface area contributed by atoms with E-state index in [2.05, 4.69) is 6.92 Å². The topological polar surface area (TPSA) is 77.4 Å². The first-order chi connectivity index (χ1) is 14.0. The van der Waals surface area contributed by atoms with Gasteiger partial charge in [0.25, 0.3) is 0 Å². The Balaban J connectivity index is 0. The SMILES string of the molecule is CCCCCCCCCCC(O)CCCCCCCCCCCCCS(=O)(=O)[O-].[Na+]. The molecule has 1 atom stereocenters. The zero-order chi connectivity index (χ0) is 21.6. The Morgan fingerprint density at radius 2 is 0.900 bits per heavy atom. The number of aliphatic hydroxyl groups is 1. The smallest absolute Gasteiger partial charge is 0.748 e. The Hall–Kier alpha value is 0.870. The predicted molar refractivity (Wildman–Crippen MR) is 123 cm³/mol. The molecule has 176 valence electrons. The van der Waals surface area contributed by atoms with Gasteiger partial charge in [0.05, 0.1) is 16.2 Å². The number of hydrogen-bond acceptors (Lipinski definition) is 4. The van der Waals surface area contributed by atoms with E-state index in [1.54, 1.807) is 0 Å². The average molecular weight is 457 g/mol. The summed E-state index contributed by atoms with van der Waals surface area (Å²) in [6, 6.07) is 0. The summed E-state index contributed by atoms with van der Waals surface area (Å²) in [6.45, 7) is 2.26. The monoisotopic (exact) mass is 456 g/mol. The zero-order valence-electron chi connectivity index (χ0n) is 20.2. The molecule has 0 saturated heterocycles. The van der Waals surface area contributed by atoms with Crippen LogP contribution in [0.4, 0.5) is 0 Å². The summed E-state index contributed by atoms with van der Waals surface area (Å²) in [5, 5.41) is 10.1. The van der Waals surface area contributed by atoms with Gasteiger partial charge in [0, 0.05) is 5.75 Å². The summed E-state index contributed by atoms with van der Waals surface area (Å²) >= 11 is 0. The van der Waals surface area contributed by atoms with Crippen LogP contribution < -0.4 is 29.6 Å². The van der Waals surface area contributed by atoms with E-state index in [0.29, 0.717) is 6.42 Å². The van der Waals surface area contributed by atoms with Crippen molar-refractivity contribution in [1.82, 2.24) is 0 Å². The van der Waals surface area contributed by atoms with Crippen LogP contribution in [0.2, 0.25) is 0 Å². The largest absolute Gasteiger partial charge is 1.00 e. The van der Waals surface area contributed by atoms with Crippen LogP contribution in [0.25, 0.3) is 0 Å². The molecule has 4 nitrogen and oxygen atoms in total. The van der Waals surface area contributed by atoms with Crippen LogP contribution in [-0.4, -0.2) is 29.9 Å². The van der Waals surface area contributed by atoms with Crippen molar-refractivity contribution >= 4 is 10.1 Å². The van der Waals surface area contributed by atoms with Gasteiger partial charge in [0.1, 0.15) is 0 Å². The third-order valence-electron chi connectivity index (χ3n) is 5.82. The van der Waals surface area contributed by atoms with Gasteiger partial charge in [-0.2, -0.15) is 0 Å². The molecule has 0 bridgehead atoms. The van der Waals surface area contributed by atoms with Crippen molar-refractivity contribution in [1.29, 1.82) is 0 Å². The molecule has 30 heavy (non-hydrogen) atoms. The molecule has 0 rings (SSSR count). The van der Waals surface area contributed by atoms with Crippen LogP contribution >= 0.6 is 0 Å². The van der Waals surface area contributed by atoms with Crippen molar-refractivity contribution in [2.75, 3.05) is 5.75 Å². The quantitative estimate of drug-likeness (QED) is 0.143. The molecule has 0 radical (unpaired) electrons. The Morgan fingerprint density at radius 1 is 0.600 bits per heavy atom. The second-order valence-corrected chi connectivity index (χ2v) is 10.4. The maximum Gasteiger partial charge on any atom is 1.00 e. The van der Waals surface area contributed by atoms with Crippen molar-refractivity contribution in [3.63, 3.8) is 0 Å². The van der Waals surface area contributed by atoms with Crippen molar-refractivity contribution in [2.45, 2.75) is 148 Å². The second kappa shape index (κ2) is 24.5. The van der Waals surface area contributed by atoms with Gasteiger partial charge in [-0.25, -0.2) is 8.42 Å². The molecule has 0 amide bonds. The van der Waals surface area contributed by atoms with Gasteiger partial charge in [0.2, 0.25) is 0 Å². The van der Waals surface area contributed by atoms with E-state index >= 15 is 0 Å². The average Bonchev–Trinajstić information content (AvgIpc) is 2.66. The Kier molecular flexibility index (Phi) is 27.0. The van der Waals surface area contributed by atoms with Gasteiger partial charge >= 0.3 is 29.6 Å². The summed E-state index contributed by atoms with van der Waals surface area (Å²) < 4.78 is 31.5. The second-order valence-electron chi connectivity index (χ2n) is 8.86. The molecule has 6 heteroatoms. The molecule has 0 fully saturated rings. The minimum absolute atomic E-state index is 0. The molecule has 0 aromatic rings. The third kappa shape index (κ3) is 28.9. The van der Waals surface area contributed by atoms with Crippen molar-refractivity contribution < 1.29 is 47.6 Å². The predicted octanol–water partition coefficient (Wildman–Crippen LogP) is 4.11. The summed E-state index contributed by atoms with van der Waals surface area (Å²) in [5.74, 6) is -0.208. The van der Waals surface area contributed by atoms with Crippen LogP contribution in [0, 0.1) is 0 Å². The normalized spacial score (nSPS) is 12.6. The minimum atomic E-state index is -4.02. The molecule has 0 aromatic carbocycles. The van der Waals surface area contributed by atoms with E-state index < -0.39 is 10.1 Å². The number of aliphatic hydroxyl groups excluding tert-OH is 1. The molecule has 0 aliphatic rings. The molecule has 0 heterocycles. The van der Waals surface area contributed by atoms with E-state index in [1.165, 1.54) is 89.9 Å². The fraction of sp³-hybridized carbons (Fsp3) is 1.00. The number of unbranched alkanes of at least 4 members (excludes halogenated alkanes) is 17. The van der Waals surface area contributed by atoms with Crippen LogP contribution in [-0.2, 0) is 10.1 Å². The van der Waals surface area contributed by atoms with Crippen molar-refractivity contribution in [3.05, 3.63) is 0 Å². The van der Waals surface area contributed by atoms with E-state index in [-0.39, 0.29) is 41.4 Å². The summed E-state index contributed by atoms with van der Waals surface area (Å²) in [7, 11) is -4.02. The van der Waals surface area contributed by atoms with E-state index in [4.69, 9.17) is 0 Å². The van der Waals surface area contributed by atoms with Gasteiger partial charge in [-0.1, -0.05) is 122 Å². The third-order valence-corrected chi connectivity index (χ3v) is 6.61.